The number of rotatable bonds is 8. The maximum atomic E-state index is 12.3. The fraction of sp³-hybridized carbons (Fsp3) is 0.357. The molecule has 10 nitrogen and oxygen atoms in total. The maximum absolute atomic E-state index is 12.3. The van der Waals surface area contributed by atoms with Crippen LogP contribution in [0, 0.1) is 0 Å². The number of fused-ring (bicyclic) bond motifs is 1. The average Bonchev–Trinajstić information content (AvgIpc) is 2.96. The summed E-state index contributed by atoms with van der Waals surface area (Å²) in [5.74, 6) is 1.36. The summed E-state index contributed by atoms with van der Waals surface area (Å²) in [4.78, 5) is 37.1. The molecule has 3 N–H and O–H groups in total. The summed E-state index contributed by atoms with van der Waals surface area (Å²) in [5, 5.41) is 10.4. The third-order valence-electron chi connectivity index (χ3n) is 7.06. The van der Waals surface area contributed by atoms with Crippen LogP contribution in [-0.2, 0) is 0 Å². The minimum Gasteiger partial charge on any atom is -0.369 e. The number of nitrogens with zero attached hydrogens (tertiary/aromatic N) is 6. The second-order valence-electron chi connectivity index (χ2n) is 9.77. The molecule has 1 aliphatic rings. The standard InChI is InChI=1S/C28H33N9O/c1-18(21-5-4-6-22-23(27(38)29-2)7-10-30-26(21)22)14-31-25-13-24(34-17-35-25)19-15-32-28(33-16-19)36-20-8-11-37(3)12-9-20/h4-7,10,13,15-18,20H,8-9,11-12,14H2,1-3H3,(H,29,38)(H,31,34,35)(H,32,33,36)/t18-/m1/s1. The average molecular weight is 512 g/mol. The molecule has 0 unspecified atom stereocenters. The molecular formula is C28H33N9O. The first-order valence-electron chi connectivity index (χ1n) is 12.9. The number of likely N-dealkylation sites (tertiary alicyclic amines) is 1. The predicted octanol–water partition coefficient (Wildman–Crippen LogP) is 3.56. The van der Waals surface area contributed by atoms with Crippen molar-refractivity contribution in [2.75, 3.05) is 44.4 Å². The van der Waals surface area contributed by atoms with E-state index in [1.165, 1.54) is 0 Å². The van der Waals surface area contributed by atoms with E-state index in [9.17, 15) is 4.79 Å². The molecule has 1 fully saturated rings. The molecule has 4 aromatic rings. The molecule has 0 saturated carbocycles. The second-order valence-corrected chi connectivity index (χ2v) is 9.77. The summed E-state index contributed by atoms with van der Waals surface area (Å²) in [5.41, 5.74) is 4.10. The molecule has 0 bridgehead atoms. The lowest BCUT2D eigenvalue weighted by molar-refractivity contribution is 0.0964. The zero-order chi connectivity index (χ0) is 26.5. The van der Waals surface area contributed by atoms with Gasteiger partial charge in [-0.15, -0.1) is 0 Å². The van der Waals surface area contributed by atoms with Crippen molar-refractivity contribution < 1.29 is 4.79 Å². The summed E-state index contributed by atoms with van der Waals surface area (Å²) in [7, 11) is 3.78. The van der Waals surface area contributed by atoms with E-state index in [-0.39, 0.29) is 11.8 Å². The van der Waals surface area contributed by atoms with Crippen molar-refractivity contribution in [3.05, 3.63) is 66.4 Å². The van der Waals surface area contributed by atoms with Crippen molar-refractivity contribution >= 4 is 28.6 Å². The zero-order valence-corrected chi connectivity index (χ0v) is 22.0. The van der Waals surface area contributed by atoms with Gasteiger partial charge in [0, 0.05) is 61.2 Å². The van der Waals surface area contributed by atoms with Crippen LogP contribution >= 0.6 is 0 Å². The first kappa shape index (κ1) is 25.5. The van der Waals surface area contributed by atoms with E-state index >= 15 is 0 Å². The lowest BCUT2D eigenvalue weighted by Crippen LogP contribution is -2.37. The summed E-state index contributed by atoms with van der Waals surface area (Å²) in [6.45, 7) is 4.93. The number of piperidine rings is 1. The third kappa shape index (κ3) is 5.70. The fourth-order valence-electron chi connectivity index (χ4n) is 4.78. The Kier molecular flexibility index (Phi) is 7.69. The highest BCUT2D eigenvalue weighted by Crippen LogP contribution is 2.27. The highest BCUT2D eigenvalue weighted by atomic mass is 16.1. The van der Waals surface area contributed by atoms with E-state index in [1.54, 1.807) is 38.0 Å². The molecule has 0 aliphatic carbocycles. The van der Waals surface area contributed by atoms with Gasteiger partial charge in [0.2, 0.25) is 5.95 Å². The number of carbonyl (C=O) groups is 1. The van der Waals surface area contributed by atoms with Crippen LogP contribution in [0.25, 0.3) is 22.2 Å². The third-order valence-corrected chi connectivity index (χ3v) is 7.06. The van der Waals surface area contributed by atoms with Crippen molar-refractivity contribution in [3.8, 4) is 11.3 Å². The number of hydrogen-bond acceptors (Lipinski definition) is 9. The number of amides is 1. The van der Waals surface area contributed by atoms with Gasteiger partial charge in [-0.2, -0.15) is 0 Å². The van der Waals surface area contributed by atoms with Crippen LogP contribution in [0.5, 0.6) is 0 Å². The minimum atomic E-state index is -0.122. The van der Waals surface area contributed by atoms with Crippen LogP contribution in [0.3, 0.4) is 0 Å². The van der Waals surface area contributed by atoms with Crippen LogP contribution in [0.15, 0.2) is 55.2 Å². The van der Waals surface area contributed by atoms with Crippen molar-refractivity contribution in [3.63, 3.8) is 0 Å². The summed E-state index contributed by atoms with van der Waals surface area (Å²) >= 11 is 0. The van der Waals surface area contributed by atoms with Crippen LogP contribution in [0.4, 0.5) is 11.8 Å². The Balaban J connectivity index is 1.25. The monoisotopic (exact) mass is 511 g/mol. The van der Waals surface area contributed by atoms with Crippen LogP contribution in [0.2, 0.25) is 0 Å². The fourth-order valence-corrected chi connectivity index (χ4v) is 4.78. The van der Waals surface area contributed by atoms with Gasteiger partial charge in [-0.05, 0) is 44.6 Å². The Morgan fingerprint density at radius 2 is 1.87 bits per heavy atom. The number of benzene rings is 1. The van der Waals surface area contributed by atoms with Gasteiger partial charge in [-0.3, -0.25) is 9.78 Å². The number of aromatic nitrogens is 5. The highest BCUT2D eigenvalue weighted by molar-refractivity contribution is 6.06. The van der Waals surface area contributed by atoms with Gasteiger partial charge in [0.25, 0.3) is 5.91 Å². The molecule has 0 spiro atoms. The molecule has 1 atom stereocenters. The topological polar surface area (TPSA) is 121 Å². The van der Waals surface area contributed by atoms with Crippen LogP contribution in [0.1, 0.15) is 41.6 Å². The minimum absolute atomic E-state index is 0.122. The molecule has 0 radical (unpaired) electrons. The van der Waals surface area contributed by atoms with Gasteiger partial charge in [0.05, 0.1) is 16.8 Å². The predicted molar refractivity (Wildman–Crippen MR) is 149 cm³/mol. The van der Waals surface area contributed by atoms with Crippen LogP contribution in [-0.4, -0.2) is 75.5 Å². The van der Waals surface area contributed by atoms with E-state index in [4.69, 9.17) is 0 Å². The number of nitrogens with one attached hydrogen (secondary N) is 3. The van der Waals surface area contributed by atoms with Crippen molar-refractivity contribution in [1.82, 2.24) is 35.1 Å². The summed E-state index contributed by atoms with van der Waals surface area (Å²) < 4.78 is 0. The zero-order valence-electron chi connectivity index (χ0n) is 22.0. The Labute approximate surface area is 222 Å². The van der Waals surface area contributed by atoms with Crippen molar-refractivity contribution in [2.24, 2.45) is 0 Å². The summed E-state index contributed by atoms with van der Waals surface area (Å²) in [6, 6.07) is 10.0. The van der Waals surface area contributed by atoms with E-state index < -0.39 is 0 Å². The van der Waals surface area contributed by atoms with Crippen molar-refractivity contribution in [2.45, 2.75) is 31.7 Å². The first-order valence-corrected chi connectivity index (χ1v) is 12.9. The van der Waals surface area contributed by atoms with E-state index in [2.05, 4.69) is 65.8 Å². The quantitative estimate of drug-likeness (QED) is 0.326. The van der Waals surface area contributed by atoms with Gasteiger partial charge >= 0.3 is 0 Å². The van der Waals surface area contributed by atoms with E-state index in [0.717, 1.165) is 59.5 Å². The molecule has 10 heteroatoms. The molecule has 1 amide bonds. The van der Waals surface area contributed by atoms with Crippen LogP contribution < -0.4 is 16.0 Å². The maximum Gasteiger partial charge on any atom is 0.251 e. The molecule has 1 aromatic carbocycles. The number of hydrogen-bond donors (Lipinski definition) is 3. The molecule has 38 heavy (non-hydrogen) atoms. The molecule has 4 heterocycles. The normalized spacial score (nSPS) is 15.2. The van der Waals surface area contributed by atoms with E-state index in [0.29, 0.717) is 24.1 Å². The summed E-state index contributed by atoms with van der Waals surface area (Å²) in [6.07, 6.45) is 9.00. The first-order chi connectivity index (χ1) is 18.5. The Morgan fingerprint density at radius 1 is 1.08 bits per heavy atom. The van der Waals surface area contributed by atoms with Crippen molar-refractivity contribution in [1.29, 1.82) is 0 Å². The number of pyridine rings is 1. The second kappa shape index (κ2) is 11.5. The SMILES string of the molecule is CNC(=O)c1ccnc2c([C@H](C)CNc3cc(-c4cnc(NC5CCN(C)CC5)nc4)ncn3)cccc12. The van der Waals surface area contributed by atoms with E-state index in [1.807, 2.05) is 18.2 Å². The molecule has 1 saturated heterocycles. The number of carbonyl (C=O) groups excluding carboxylic acids is 1. The number of para-hydroxylation sites is 1. The molecule has 3 aromatic heterocycles. The lowest BCUT2D eigenvalue weighted by atomic mass is 9.96. The van der Waals surface area contributed by atoms with Gasteiger partial charge in [0.15, 0.2) is 0 Å². The van der Waals surface area contributed by atoms with Gasteiger partial charge in [0.1, 0.15) is 12.1 Å². The molecule has 196 valence electrons. The smallest absolute Gasteiger partial charge is 0.251 e. The Bertz CT molecular complexity index is 1400. The van der Waals surface area contributed by atoms with Gasteiger partial charge in [-0.1, -0.05) is 25.1 Å². The molecule has 5 rings (SSSR count). The number of anilines is 2. The van der Waals surface area contributed by atoms with Gasteiger partial charge in [-0.25, -0.2) is 19.9 Å². The molecule has 1 aliphatic heterocycles. The molecular weight excluding hydrogens is 478 g/mol. The Hall–Kier alpha value is -4.18. The van der Waals surface area contributed by atoms with Gasteiger partial charge < -0.3 is 20.9 Å². The lowest BCUT2D eigenvalue weighted by Gasteiger charge is -2.29. The largest absolute Gasteiger partial charge is 0.369 e. The Morgan fingerprint density at radius 3 is 2.63 bits per heavy atom. The highest BCUT2D eigenvalue weighted by Gasteiger charge is 2.18.